The number of fused-ring (bicyclic) bond motifs is 3. The molecule has 0 bridgehead atoms. The lowest BCUT2D eigenvalue weighted by Crippen LogP contribution is -2.52. The van der Waals surface area contributed by atoms with Crippen molar-refractivity contribution in [3.63, 3.8) is 0 Å². The first-order chi connectivity index (χ1) is 12.7. The van der Waals surface area contributed by atoms with Crippen molar-refractivity contribution in [2.45, 2.75) is 45.0 Å². The minimum absolute atomic E-state index is 0.172. The van der Waals surface area contributed by atoms with Crippen LogP contribution in [0.3, 0.4) is 0 Å². The Kier molecular flexibility index (Phi) is 3.91. The number of aryl methyl sites for hydroxylation is 2. The van der Waals surface area contributed by atoms with Gasteiger partial charge in [-0.2, -0.15) is 0 Å². The van der Waals surface area contributed by atoms with Gasteiger partial charge in [0.2, 0.25) is 0 Å². The van der Waals surface area contributed by atoms with Gasteiger partial charge in [-0.1, -0.05) is 30.3 Å². The summed E-state index contributed by atoms with van der Waals surface area (Å²) in [6, 6.07) is 13.9. The third kappa shape index (κ3) is 2.51. The number of nitrogens with one attached hydrogen (secondary N) is 2. The maximum Gasteiger partial charge on any atom is 0.123 e. The van der Waals surface area contributed by atoms with E-state index >= 15 is 0 Å². The number of nitrogens with zero attached hydrogens (tertiary/aromatic N) is 1. The summed E-state index contributed by atoms with van der Waals surface area (Å²) in [5, 5.41) is 7.42. The van der Waals surface area contributed by atoms with Gasteiger partial charge in [-0.25, -0.2) is 0 Å². The van der Waals surface area contributed by atoms with E-state index in [0.29, 0.717) is 25.2 Å². The van der Waals surface area contributed by atoms with Gasteiger partial charge in [0.05, 0.1) is 13.2 Å². The van der Waals surface area contributed by atoms with Gasteiger partial charge in [0.25, 0.3) is 0 Å². The summed E-state index contributed by atoms with van der Waals surface area (Å²) in [6.45, 7) is 7.92. The molecule has 4 heteroatoms. The van der Waals surface area contributed by atoms with Crippen LogP contribution in [0.25, 0.3) is 0 Å². The van der Waals surface area contributed by atoms with E-state index < -0.39 is 0 Å². The van der Waals surface area contributed by atoms with E-state index in [1.54, 1.807) is 0 Å². The van der Waals surface area contributed by atoms with Gasteiger partial charge in [-0.3, -0.25) is 0 Å². The molecule has 26 heavy (non-hydrogen) atoms. The van der Waals surface area contributed by atoms with Crippen LogP contribution in [0, 0.1) is 13.8 Å². The molecule has 2 aromatic rings. The minimum Gasteiger partial charge on any atom is -0.373 e. The van der Waals surface area contributed by atoms with E-state index in [0.717, 1.165) is 13.1 Å². The SMILES string of the molecule is Cc1ccc(C)c(NC2COCc3cccc4c3N2[C@H]2CCNC[C@@H]42)c1. The highest BCUT2D eigenvalue weighted by Gasteiger charge is 2.44. The van der Waals surface area contributed by atoms with E-state index in [2.05, 4.69) is 65.8 Å². The highest BCUT2D eigenvalue weighted by Crippen LogP contribution is 2.47. The number of hydrogen-bond acceptors (Lipinski definition) is 4. The second-order valence-corrected chi connectivity index (χ2v) is 7.92. The monoisotopic (exact) mass is 349 g/mol. The van der Waals surface area contributed by atoms with Crippen molar-refractivity contribution >= 4 is 11.4 Å². The average molecular weight is 349 g/mol. The standard InChI is InChI=1S/C22H27N3O/c1-14-6-7-15(2)19(10-14)24-21-13-26-12-16-4-3-5-17-18-11-23-9-8-20(18)25(21)22(16)17/h3-7,10,18,20-21,23-24H,8-9,11-13H2,1-2H3/t18-,20-,21?/m0/s1. The molecule has 1 unspecified atom stereocenters. The number of benzene rings is 2. The molecule has 3 aliphatic rings. The van der Waals surface area contributed by atoms with Gasteiger partial charge in [0.15, 0.2) is 0 Å². The molecule has 0 saturated carbocycles. The van der Waals surface area contributed by atoms with Crippen LogP contribution < -0.4 is 15.5 Å². The Hall–Kier alpha value is -2.04. The second-order valence-electron chi connectivity index (χ2n) is 7.92. The maximum atomic E-state index is 6.10. The van der Waals surface area contributed by atoms with Crippen molar-refractivity contribution in [1.82, 2.24) is 5.32 Å². The molecule has 3 aliphatic heterocycles. The van der Waals surface area contributed by atoms with Gasteiger partial charge >= 0.3 is 0 Å². The van der Waals surface area contributed by atoms with Gasteiger partial charge in [-0.05, 0) is 49.6 Å². The van der Waals surface area contributed by atoms with Crippen molar-refractivity contribution < 1.29 is 4.74 Å². The molecule has 3 heterocycles. The summed E-state index contributed by atoms with van der Waals surface area (Å²) in [7, 11) is 0. The highest BCUT2D eigenvalue weighted by atomic mass is 16.5. The lowest BCUT2D eigenvalue weighted by atomic mass is 9.89. The maximum absolute atomic E-state index is 6.10. The number of hydrogen-bond donors (Lipinski definition) is 2. The molecule has 0 amide bonds. The molecule has 136 valence electrons. The van der Waals surface area contributed by atoms with Gasteiger partial charge in [-0.15, -0.1) is 0 Å². The van der Waals surface area contributed by atoms with Crippen molar-refractivity contribution in [3.05, 3.63) is 58.7 Å². The molecule has 1 saturated heterocycles. The molecule has 1 fully saturated rings. The van der Waals surface area contributed by atoms with Gasteiger partial charge in [0.1, 0.15) is 6.17 Å². The molecular formula is C22H27N3O. The zero-order valence-electron chi connectivity index (χ0n) is 15.6. The number of para-hydroxylation sites is 1. The largest absolute Gasteiger partial charge is 0.373 e. The number of rotatable bonds is 2. The predicted molar refractivity (Wildman–Crippen MR) is 106 cm³/mol. The topological polar surface area (TPSA) is 36.5 Å². The van der Waals surface area contributed by atoms with Crippen molar-refractivity contribution in [2.75, 3.05) is 29.9 Å². The van der Waals surface area contributed by atoms with Crippen molar-refractivity contribution in [1.29, 1.82) is 0 Å². The van der Waals surface area contributed by atoms with Crippen LogP contribution in [0.5, 0.6) is 0 Å². The first kappa shape index (κ1) is 16.2. The third-order valence-corrected chi connectivity index (χ3v) is 6.20. The molecule has 2 aromatic carbocycles. The summed E-state index contributed by atoms with van der Waals surface area (Å²) >= 11 is 0. The number of anilines is 2. The molecule has 3 atom stereocenters. The van der Waals surface area contributed by atoms with Crippen LogP contribution >= 0.6 is 0 Å². The third-order valence-electron chi connectivity index (χ3n) is 6.20. The lowest BCUT2D eigenvalue weighted by molar-refractivity contribution is 0.115. The van der Waals surface area contributed by atoms with E-state index in [-0.39, 0.29) is 6.17 Å². The summed E-state index contributed by atoms with van der Waals surface area (Å²) in [4.78, 5) is 2.64. The van der Waals surface area contributed by atoms with Crippen LogP contribution in [0.2, 0.25) is 0 Å². The van der Waals surface area contributed by atoms with Crippen LogP contribution in [-0.2, 0) is 11.3 Å². The van der Waals surface area contributed by atoms with E-state index in [4.69, 9.17) is 4.74 Å². The van der Waals surface area contributed by atoms with Gasteiger partial charge in [0, 0.05) is 35.4 Å². The van der Waals surface area contributed by atoms with Crippen LogP contribution in [0.4, 0.5) is 11.4 Å². The van der Waals surface area contributed by atoms with Crippen LogP contribution in [0.15, 0.2) is 36.4 Å². The van der Waals surface area contributed by atoms with Crippen molar-refractivity contribution in [2.24, 2.45) is 0 Å². The van der Waals surface area contributed by atoms with E-state index in [1.807, 2.05) is 0 Å². The van der Waals surface area contributed by atoms with Crippen molar-refractivity contribution in [3.8, 4) is 0 Å². The summed E-state index contributed by atoms with van der Waals surface area (Å²) < 4.78 is 6.10. The second kappa shape index (κ2) is 6.29. The Morgan fingerprint density at radius 2 is 2.12 bits per heavy atom. The quantitative estimate of drug-likeness (QED) is 0.870. The Labute approximate surface area is 155 Å². The van der Waals surface area contributed by atoms with Crippen LogP contribution in [-0.4, -0.2) is 31.9 Å². The molecule has 4 nitrogen and oxygen atoms in total. The lowest BCUT2D eigenvalue weighted by Gasteiger charge is -2.39. The fourth-order valence-corrected chi connectivity index (χ4v) is 4.93. The predicted octanol–water partition coefficient (Wildman–Crippen LogP) is 3.54. The highest BCUT2D eigenvalue weighted by molar-refractivity contribution is 5.69. The average Bonchev–Trinajstić information content (AvgIpc) is 2.87. The Morgan fingerprint density at radius 3 is 3.04 bits per heavy atom. The van der Waals surface area contributed by atoms with E-state index in [1.165, 1.54) is 40.0 Å². The minimum atomic E-state index is 0.172. The Balaban J connectivity index is 1.57. The summed E-state index contributed by atoms with van der Waals surface area (Å²) in [6.07, 6.45) is 1.36. The molecule has 5 rings (SSSR count). The zero-order chi connectivity index (χ0) is 17.7. The first-order valence-electron chi connectivity index (χ1n) is 9.75. The Morgan fingerprint density at radius 1 is 1.19 bits per heavy atom. The smallest absolute Gasteiger partial charge is 0.123 e. The fraction of sp³-hybridized carbons (Fsp3) is 0.455. The molecular weight excluding hydrogens is 322 g/mol. The van der Waals surface area contributed by atoms with E-state index in [9.17, 15) is 0 Å². The first-order valence-corrected chi connectivity index (χ1v) is 9.75. The summed E-state index contributed by atoms with van der Waals surface area (Å²) in [5.41, 5.74) is 8.05. The number of ether oxygens (including phenoxy) is 1. The molecule has 0 spiro atoms. The Bertz CT molecular complexity index is 834. The molecule has 0 radical (unpaired) electrons. The molecule has 0 aromatic heterocycles. The number of piperidine rings is 1. The molecule has 0 aliphatic carbocycles. The zero-order valence-corrected chi connectivity index (χ0v) is 15.6. The normalized spacial score (nSPS) is 26.8. The van der Waals surface area contributed by atoms with Gasteiger partial charge < -0.3 is 20.3 Å². The summed E-state index contributed by atoms with van der Waals surface area (Å²) in [5.74, 6) is 0.583. The fourth-order valence-electron chi connectivity index (χ4n) is 4.93. The van der Waals surface area contributed by atoms with Crippen LogP contribution in [0.1, 0.15) is 34.6 Å². The molecule has 2 N–H and O–H groups in total.